The highest BCUT2D eigenvalue weighted by molar-refractivity contribution is 9.09. The summed E-state index contributed by atoms with van der Waals surface area (Å²) in [5.41, 5.74) is 0.0676. The van der Waals surface area contributed by atoms with Gasteiger partial charge in [0, 0.05) is 16.6 Å². The van der Waals surface area contributed by atoms with Crippen LogP contribution in [0.3, 0.4) is 0 Å². The molecule has 0 aromatic heterocycles. The molecule has 41 heavy (non-hydrogen) atoms. The van der Waals surface area contributed by atoms with Crippen LogP contribution in [0.4, 0.5) is 5.69 Å². The number of nitrogens with zero attached hydrogens (tertiary/aromatic N) is 1. The molecule has 5 rings (SSSR count). The molecule has 2 aromatic rings. The number of carbonyl (C=O) groups is 3. The molecule has 8 atom stereocenters. The third-order valence-electron chi connectivity index (χ3n) is 8.51. The van der Waals surface area contributed by atoms with Gasteiger partial charge in [0.1, 0.15) is 17.4 Å². The average molecular weight is 629 g/mol. The maximum atomic E-state index is 14.4. The van der Waals surface area contributed by atoms with E-state index in [1.807, 2.05) is 51.1 Å². The summed E-state index contributed by atoms with van der Waals surface area (Å²) in [5, 5.41) is 16.6. The number of nitrogens with one attached hydrogen (secondary N) is 2. The number of aliphatic hydroxyl groups is 1. The Bertz CT molecular complexity index is 1260. The first-order valence-electron chi connectivity index (χ1n) is 14.4. The molecule has 3 N–H and O–H groups in total. The van der Waals surface area contributed by atoms with Crippen molar-refractivity contribution in [2.45, 2.75) is 74.7 Å². The monoisotopic (exact) mass is 627 g/mol. The molecule has 3 amide bonds. The number of hydrogen-bond acceptors (Lipinski definition) is 6. The van der Waals surface area contributed by atoms with Crippen LogP contribution in [0.15, 0.2) is 54.6 Å². The summed E-state index contributed by atoms with van der Waals surface area (Å²) in [6.45, 7) is 6.04. The lowest BCUT2D eigenvalue weighted by Crippen LogP contribution is -2.57. The van der Waals surface area contributed by atoms with E-state index in [-0.39, 0.29) is 35.2 Å². The zero-order valence-electron chi connectivity index (χ0n) is 23.6. The van der Waals surface area contributed by atoms with E-state index in [9.17, 15) is 19.5 Å². The van der Waals surface area contributed by atoms with Gasteiger partial charge in [0.25, 0.3) is 0 Å². The van der Waals surface area contributed by atoms with Crippen molar-refractivity contribution in [2.75, 3.05) is 18.5 Å². The minimum Gasteiger partial charge on any atom is -0.494 e. The standard InChI is InChI=1S/C31H38BrN3O6/c1-4-9-18(3)33-29(38)27-31-16-22(32)26(41-31)24(28(37)34-20-12-14-21(15-13-20)40-5-2)25(31)30(39)35(27)23(17-36)19-10-7-6-8-11-19/h6-8,10-15,18,22-27,36H,4-5,9,16-17H2,1-3H3,(H,33,38)(H,34,37)/t18?,22?,23-,24+,25+,26+,27?,31?/m1/s1. The van der Waals surface area contributed by atoms with Crippen molar-refractivity contribution in [3.63, 3.8) is 0 Å². The van der Waals surface area contributed by atoms with E-state index in [1.165, 1.54) is 4.90 Å². The number of ether oxygens (including phenoxy) is 2. The predicted octanol–water partition coefficient (Wildman–Crippen LogP) is 3.81. The molecule has 3 heterocycles. The van der Waals surface area contributed by atoms with Gasteiger partial charge in [0.15, 0.2) is 0 Å². The van der Waals surface area contributed by atoms with Gasteiger partial charge in [-0.1, -0.05) is 59.6 Å². The Morgan fingerprint density at radius 3 is 2.49 bits per heavy atom. The number of aliphatic hydroxyl groups excluding tert-OH is 1. The fourth-order valence-corrected chi connectivity index (χ4v) is 7.83. The molecule has 220 valence electrons. The van der Waals surface area contributed by atoms with Gasteiger partial charge in [-0.2, -0.15) is 0 Å². The number of rotatable bonds is 11. The van der Waals surface area contributed by atoms with E-state index < -0.39 is 35.6 Å². The Labute approximate surface area is 249 Å². The average Bonchev–Trinajstić information content (AvgIpc) is 3.54. The van der Waals surface area contributed by atoms with Gasteiger partial charge < -0.3 is 30.1 Å². The summed E-state index contributed by atoms with van der Waals surface area (Å²) in [6, 6.07) is 14.3. The first kappa shape index (κ1) is 29.5. The zero-order valence-corrected chi connectivity index (χ0v) is 25.2. The van der Waals surface area contributed by atoms with Gasteiger partial charge >= 0.3 is 0 Å². The van der Waals surface area contributed by atoms with Crippen LogP contribution in [0.5, 0.6) is 5.75 Å². The van der Waals surface area contributed by atoms with Crippen LogP contribution in [-0.2, 0) is 19.1 Å². The number of benzene rings is 2. The molecule has 2 aromatic carbocycles. The van der Waals surface area contributed by atoms with E-state index in [0.29, 0.717) is 30.0 Å². The van der Waals surface area contributed by atoms with Gasteiger partial charge in [0.2, 0.25) is 17.7 Å². The van der Waals surface area contributed by atoms with Crippen LogP contribution in [0.1, 0.15) is 51.6 Å². The highest BCUT2D eigenvalue weighted by Crippen LogP contribution is 2.61. The number of amides is 3. The summed E-state index contributed by atoms with van der Waals surface area (Å²) < 4.78 is 12.1. The second kappa shape index (κ2) is 12.1. The smallest absolute Gasteiger partial charge is 0.246 e. The lowest BCUT2D eigenvalue weighted by Gasteiger charge is -2.37. The lowest BCUT2D eigenvalue weighted by atomic mass is 9.70. The first-order valence-corrected chi connectivity index (χ1v) is 15.3. The molecule has 0 radical (unpaired) electrons. The third-order valence-corrected chi connectivity index (χ3v) is 9.36. The molecule has 1 spiro atoms. The molecule has 0 aliphatic carbocycles. The van der Waals surface area contributed by atoms with Gasteiger partial charge in [-0.05, 0) is 56.5 Å². The minimum absolute atomic E-state index is 0.110. The molecule has 3 fully saturated rings. The van der Waals surface area contributed by atoms with Gasteiger partial charge in [-0.3, -0.25) is 14.4 Å². The molecule has 9 nitrogen and oxygen atoms in total. The molecule has 4 unspecified atom stereocenters. The van der Waals surface area contributed by atoms with E-state index in [0.717, 1.165) is 12.8 Å². The van der Waals surface area contributed by atoms with Crippen LogP contribution in [0, 0.1) is 11.8 Å². The number of alkyl halides is 1. The Hall–Kier alpha value is -2.95. The van der Waals surface area contributed by atoms with Crippen molar-refractivity contribution in [1.82, 2.24) is 10.2 Å². The second-order valence-corrected chi connectivity index (χ2v) is 12.3. The summed E-state index contributed by atoms with van der Waals surface area (Å²) in [4.78, 5) is 43.5. The number of anilines is 1. The lowest BCUT2D eigenvalue weighted by molar-refractivity contribution is -0.145. The van der Waals surface area contributed by atoms with Crippen molar-refractivity contribution >= 4 is 39.3 Å². The SMILES string of the molecule is CCCC(C)NC(=O)C1N([C@H](CO)c2ccccc2)C(=O)[C@@H]2[C@H](C(=O)Nc3ccc(OCC)cc3)[C@H]3OC12CC3Br. The molecule has 3 saturated heterocycles. The number of hydrogen-bond donors (Lipinski definition) is 3. The van der Waals surface area contributed by atoms with Crippen molar-refractivity contribution in [3.05, 3.63) is 60.2 Å². The Morgan fingerprint density at radius 2 is 1.85 bits per heavy atom. The van der Waals surface area contributed by atoms with Gasteiger partial charge in [-0.15, -0.1) is 0 Å². The van der Waals surface area contributed by atoms with E-state index in [2.05, 4.69) is 26.6 Å². The molecular weight excluding hydrogens is 590 g/mol. The normalized spacial score (nSPS) is 29.6. The highest BCUT2D eigenvalue weighted by atomic mass is 79.9. The van der Waals surface area contributed by atoms with Crippen LogP contribution in [-0.4, -0.2) is 69.6 Å². The predicted molar refractivity (Wildman–Crippen MR) is 158 cm³/mol. The molecular formula is C31H38BrN3O6. The van der Waals surface area contributed by atoms with Crippen molar-refractivity contribution in [3.8, 4) is 5.75 Å². The largest absolute Gasteiger partial charge is 0.494 e. The summed E-state index contributed by atoms with van der Waals surface area (Å²) >= 11 is 3.71. The summed E-state index contributed by atoms with van der Waals surface area (Å²) in [6.07, 6.45) is 1.48. The van der Waals surface area contributed by atoms with E-state index >= 15 is 0 Å². The first-order chi connectivity index (χ1) is 19.7. The van der Waals surface area contributed by atoms with Crippen molar-refractivity contribution in [1.29, 1.82) is 0 Å². The van der Waals surface area contributed by atoms with Gasteiger partial charge in [-0.25, -0.2) is 0 Å². The Balaban J connectivity index is 1.51. The number of carbonyl (C=O) groups excluding carboxylic acids is 3. The number of likely N-dealkylation sites (tertiary alicyclic amines) is 1. The van der Waals surface area contributed by atoms with Crippen LogP contribution in [0.2, 0.25) is 0 Å². The molecule has 0 saturated carbocycles. The summed E-state index contributed by atoms with van der Waals surface area (Å²) in [5.74, 6) is -2.04. The third kappa shape index (κ3) is 5.26. The number of fused-ring (bicyclic) bond motifs is 1. The van der Waals surface area contributed by atoms with E-state index in [4.69, 9.17) is 9.47 Å². The minimum atomic E-state index is -1.21. The highest BCUT2D eigenvalue weighted by Gasteiger charge is 2.77. The van der Waals surface area contributed by atoms with Crippen LogP contribution < -0.4 is 15.4 Å². The topological polar surface area (TPSA) is 117 Å². The van der Waals surface area contributed by atoms with Crippen molar-refractivity contribution < 1.29 is 29.0 Å². The second-order valence-electron chi connectivity index (χ2n) is 11.2. The number of halogens is 1. The van der Waals surface area contributed by atoms with Crippen LogP contribution in [0.25, 0.3) is 0 Å². The fraction of sp³-hybridized carbons (Fsp3) is 0.516. The quantitative estimate of drug-likeness (QED) is 0.326. The fourth-order valence-electron chi connectivity index (χ4n) is 6.89. The Morgan fingerprint density at radius 1 is 1.15 bits per heavy atom. The van der Waals surface area contributed by atoms with Gasteiger partial charge in [0.05, 0.1) is 37.2 Å². The summed E-state index contributed by atoms with van der Waals surface area (Å²) in [7, 11) is 0. The molecule has 10 heteroatoms. The molecule has 3 aliphatic rings. The van der Waals surface area contributed by atoms with Crippen molar-refractivity contribution in [2.24, 2.45) is 11.8 Å². The maximum Gasteiger partial charge on any atom is 0.246 e. The van der Waals surface area contributed by atoms with Crippen LogP contribution >= 0.6 is 15.9 Å². The molecule has 2 bridgehead atoms. The van der Waals surface area contributed by atoms with E-state index in [1.54, 1.807) is 24.3 Å². The molecule has 3 aliphatic heterocycles. The maximum absolute atomic E-state index is 14.4. The zero-order chi connectivity index (χ0) is 29.3. The Kier molecular flexibility index (Phi) is 8.73.